The van der Waals surface area contributed by atoms with Gasteiger partial charge in [0.1, 0.15) is 36.3 Å². The fourth-order valence-electron chi connectivity index (χ4n) is 7.39. The minimum absolute atomic E-state index is 0.132. The lowest BCUT2D eigenvalue weighted by Gasteiger charge is -2.34. The molecule has 0 aliphatic carbocycles. The molecule has 3 saturated heterocycles. The van der Waals surface area contributed by atoms with Crippen LogP contribution in [0.2, 0.25) is 0 Å². The molecular weight excluding hydrogens is 868 g/mol. The second-order valence-corrected chi connectivity index (χ2v) is 16.7. The number of hydrogen-bond donors (Lipinski definition) is 15. The normalized spacial score (nSPS) is 32.2. The molecule has 352 valence electrons. The number of phenols is 1. The van der Waals surface area contributed by atoms with Crippen molar-refractivity contribution in [2.75, 3.05) is 13.1 Å². The van der Waals surface area contributed by atoms with E-state index in [1.807, 2.05) is 5.32 Å². The van der Waals surface area contributed by atoms with Gasteiger partial charge in [-0.15, -0.1) is 0 Å². The van der Waals surface area contributed by atoms with E-state index >= 15 is 0 Å². The van der Waals surface area contributed by atoms with E-state index in [9.17, 15) is 82.8 Å². The average molecular weight is 921 g/mol. The van der Waals surface area contributed by atoms with E-state index in [1.54, 1.807) is 0 Å². The zero-order valence-electron chi connectivity index (χ0n) is 33.6. The number of aliphatic hydroxyl groups is 7. The molecule has 0 spiro atoms. The summed E-state index contributed by atoms with van der Waals surface area (Å²) in [6.07, 6.45) is -16.6. The molecule has 27 nitrogen and oxygen atoms in total. The van der Waals surface area contributed by atoms with Gasteiger partial charge in [-0.2, -0.15) is 8.42 Å². The molecule has 3 aliphatic heterocycles. The third-order valence-corrected chi connectivity index (χ3v) is 11.1. The van der Waals surface area contributed by atoms with E-state index < -0.39 is 187 Å². The van der Waals surface area contributed by atoms with Gasteiger partial charge in [0.15, 0.2) is 17.7 Å². The van der Waals surface area contributed by atoms with E-state index in [0.29, 0.717) is 4.90 Å². The first-order chi connectivity index (χ1) is 29.2. The van der Waals surface area contributed by atoms with Crippen LogP contribution in [0.25, 0.3) is 0 Å². The summed E-state index contributed by atoms with van der Waals surface area (Å²) in [5.41, 5.74) is 11.1. The monoisotopic (exact) mass is 920 g/mol. The molecule has 1 aromatic carbocycles. The number of nitrogens with one attached hydrogen (secondary N) is 4. The van der Waals surface area contributed by atoms with Crippen molar-refractivity contribution >= 4 is 51.7 Å². The minimum Gasteiger partial charge on any atom is -0.504 e. The maximum atomic E-state index is 14.3. The van der Waals surface area contributed by atoms with Crippen molar-refractivity contribution in [3.8, 4) is 11.5 Å². The lowest BCUT2D eigenvalue weighted by atomic mass is 9.98. The largest absolute Gasteiger partial charge is 0.504 e. The zero-order chi connectivity index (χ0) is 47.4. The van der Waals surface area contributed by atoms with Gasteiger partial charge in [0.25, 0.3) is 0 Å². The third-order valence-electron chi connectivity index (χ3n) is 10.7. The van der Waals surface area contributed by atoms with Crippen LogP contribution in [0.1, 0.15) is 38.7 Å². The highest BCUT2D eigenvalue weighted by Gasteiger charge is 2.50. The molecule has 28 heteroatoms. The second-order valence-electron chi connectivity index (χ2n) is 15.7. The highest BCUT2D eigenvalue weighted by molar-refractivity contribution is 7.81. The quantitative estimate of drug-likeness (QED) is 0.102. The molecule has 0 unspecified atom stereocenters. The summed E-state index contributed by atoms with van der Waals surface area (Å²) in [6, 6.07) is -9.03. The fourth-order valence-corrected chi connectivity index (χ4v) is 7.75. The predicted octanol–water partition coefficient (Wildman–Crippen LogP) is -8.76. The molecule has 0 radical (unpaired) electrons. The van der Waals surface area contributed by atoms with Gasteiger partial charge in [0, 0.05) is 38.3 Å². The number of nitrogens with two attached hydrogens (primary N) is 2. The van der Waals surface area contributed by atoms with E-state index in [-0.39, 0.29) is 5.56 Å². The fraction of sp³-hybridized carbons (Fsp3) is 0.629. The van der Waals surface area contributed by atoms with Gasteiger partial charge >= 0.3 is 10.4 Å². The summed E-state index contributed by atoms with van der Waals surface area (Å²) in [6.45, 7) is 1.41. The Kier molecular flexibility index (Phi) is 16.4. The van der Waals surface area contributed by atoms with E-state index in [4.69, 9.17) is 16.0 Å². The number of aromatic hydroxyl groups is 1. The molecule has 0 bridgehead atoms. The van der Waals surface area contributed by atoms with Crippen LogP contribution in [-0.4, -0.2) is 197 Å². The molecule has 63 heavy (non-hydrogen) atoms. The van der Waals surface area contributed by atoms with Crippen LogP contribution >= 0.6 is 0 Å². The number of hydrogen-bond acceptors (Lipinski definition) is 19. The van der Waals surface area contributed by atoms with Crippen LogP contribution < -0.4 is 36.9 Å². The first kappa shape index (κ1) is 50.3. The molecular formula is C35H52N8O19S. The lowest BCUT2D eigenvalue weighted by Crippen LogP contribution is -2.64. The van der Waals surface area contributed by atoms with Crippen molar-refractivity contribution < 1.29 is 91.6 Å². The van der Waals surface area contributed by atoms with Crippen LogP contribution in [0.15, 0.2) is 18.2 Å². The van der Waals surface area contributed by atoms with Gasteiger partial charge in [0.2, 0.25) is 41.4 Å². The van der Waals surface area contributed by atoms with Gasteiger partial charge in [-0.05, 0) is 24.6 Å². The maximum absolute atomic E-state index is 14.3. The lowest BCUT2D eigenvalue weighted by molar-refractivity contribution is -0.148. The van der Waals surface area contributed by atoms with Gasteiger partial charge in [-0.1, -0.05) is 13.0 Å². The molecule has 0 aromatic heterocycles. The average Bonchev–Trinajstić information content (AvgIpc) is 3.72. The van der Waals surface area contributed by atoms with Crippen molar-refractivity contribution in [3.63, 3.8) is 0 Å². The predicted molar refractivity (Wildman–Crippen MR) is 207 cm³/mol. The Bertz CT molecular complexity index is 2030. The molecule has 0 saturated carbocycles. The topological polar surface area (TPSA) is 452 Å². The number of carbonyl (C=O) groups is 7. The van der Waals surface area contributed by atoms with Gasteiger partial charge < -0.3 is 87.6 Å². The number of carbonyl (C=O) groups excluding carboxylic acids is 7. The van der Waals surface area contributed by atoms with Crippen LogP contribution in [0.5, 0.6) is 11.5 Å². The molecule has 3 heterocycles. The SMILES string of the molecule is C[C@@H](O)[C@@H]1NC(=O)[C@@H](N)C[C@@H](O)[C@@H](O)NC(=O)[C@@H]2[C@@H](O)[C@@H](C)CN2C(=O)[C@H]([C@H](O)CC(N)=O)NC(=O)[C@H]([C@H](O)Cc2ccc(O)c(OS(=O)(=O)O)c2)NC(=O)[C@@H]2C[C@@H](O)CN2C1=O. The number of amides is 7. The molecule has 3 aliphatic rings. The number of primary amides is 1. The highest BCUT2D eigenvalue weighted by Crippen LogP contribution is 2.30. The van der Waals surface area contributed by atoms with Gasteiger partial charge in [0.05, 0.1) is 43.0 Å². The van der Waals surface area contributed by atoms with Gasteiger partial charge in [-0.25, -0.2) is 0 Å². The summed E-state index contributed by atoms with van der Waals surface area (Å²) in [5.74, 6) is -11.6. The summed E-state index contributed by atoms with van der Waals surface area (Å²) in [4.78, 5) is 96.6. The maximum Gasteiger partial charge on any atom is 0.446 e. The number of aliphatic hydroxyl groups excluding tert-OH is 7. The van der Waals surface area contributed by atoms with Crippen molar-refractivity contribution in [3.05, 3.63) is 23.8 Å². The summed E-state index contributed by atoms with van der Waals surface area (Å²) >= 11 is 0. The van der Waals surface area contributed by atoms with Gasteiger partial charge in [-0.3, -0.25) is 38.1 Å². The molecule has 14 atom stereocenters. The van der Waals surface area contributed by atoms with Crippen molar-refractivity contribution in [2.45, 2.75) is 119 Å². The Morgan fingerprint density at radius 2 is 1.44 bits per heavy atom. The Morgan fingerprint density at radius 3 is 2.05 bits per heavy atom. The smallest absolute Gasteiger partial charge is 0.446 e. The number of phenolic OH excluding ortho intramolecular Hbond substituents is 1. The Labute approximate surface area is 358 Å². The first-order valence-electron chi connectivity index (χ1n) is 19.3. The number of fused-ring (bicyclic) bond motifs is 2. The summed E-state index contributed by atoms with van der Waals surface area (Å²) in [7, 11) is -5.21. The zero-order valence-corrected chi connectivity index (χ0v) is 34.4. The molecule has 3 fully saturated rings. The van der Waals surface area contributed by atoms with Crippen molar-refractivity contribution in [1.29, 1.82) is 0 Å². The minimum atomic E-state index is -5.21. The first-order valence-corrected chi connectivity index (χ1v) is 20.7. The summed E-state index contributed by atoms with van der Waals surface area (Å²) < 4.78 is 36.2. The van der Waals surface area contributed by atoms with E-state index in [1.165, 1.54) is 6.92 Å². The number of benzene rings is 1. The van der Waals surface area contributed by atoms with Crippen LogP contribution in [0.4, 0.5) is 0 Å². The third kappa shape index (κ3) is 12.5. The Morgan fingerprint density at radius 1 is 0.841 bits per heavy atom. The Hall–Kier alpha value is -5.30. The molecule has 17 N–H and O–H groups in total. The van der Waals surface area contributed by atoms with Crippen molar-refractivity contribution in [2.24, 2.45) is 17.4 Å². The van der Waals surface area contributed by atoms with E-state index in [2.05, 4.69) is 20.1 Å². The number of rotatable bonds is 9. The standard InChI is InChI=1S/C35H52N8O19S/c1-12-10-43-27(28(12)51)33(56)41-31(54)21(49)8-16(36)29(52)38-24(13(2)44)34(57)42-11-15(45)7-17(42)30(53)39-25(32(55)40-26(35(43)58)20(48)9-23(37)50)19(47)5-14-3-4-18(46)22(6-14)62-63(59,60)61/h3-4,6,12-13,15-17,19-21,24-28,31,44-49,51,54H,5,7-11,36H2,1-2H3,(H2,37,50)(H,38,52)(H,39,53)(H,40,55)(H,41,56)(H,59,60,61)/t12-,13+,15+,16-,17-,19+,20+,21+,24-,25-,26-,27-,28-,31+/m0/s1. The summed E-state index contributed by atoms with van der Waals surface area (Å²) in [5, 5.41) is 94.8. The molecule has 7 amide bonds. The number of nitrogens with zero attached hydrogens (tertiary/aromatic N) is 2. The van der Waals surface area contributed by atoms with E-state index in [0.717, 1.165) is 30.0 Å². The van der Waals surface area contributed by atoms with Crippen LogP contribution in [-0.2, 0) is 50.4 Å². The van der Waals surface area contributed by atoms with Crippen LogP contribution in [0.3, 0.4) is 0 Å². The Balaban J connectivity index is 1.85. The molecule has 1 aromatic rings. The second kappa shape index (κ2) is 20.5. The van der Waals surface area contributed by atoms with Crippen molar-refractivity contribution in [1.82, 2.24) is 31.1 Å². The van der Waals surface area contributed by atoms with Crippen LogP contribution in [0, 0.1) is 5.92 Å². The highest BCUT2D eigenvalue weighted by atomic mass is 32.3. The molecule has 4 rings (SSSR count).